The zero-order valence-electron chi connectivity index (χ0n) is 4.93. The fraction of sp³-hybridized carbons (Fsp3) is 0.167. The van der Waals surface area contributed by atoms with E-state index in [1.807, 2.05) is 0 Å². The maximum absolute atomic E-state index is 10.5. The topological polar surface area (TPSA) is 30.2 Å². The molecule has 1 rings (SSSR count). The van der Waals surface area contributed by atoms with Crippen LogP contribution in [0.25, 0.3) is 0 Å². The molecule has 0 bridgehead atoms. The molecule has 54 valence electrons. The first kappa shape index (κ1) is 7.63. The van der Waals surface area contributed by atoms with Crippen molar-refractivity contribution in [3.8, 4) is 0 Å². The minimum Gasteiger partial charge on any atom is -0.467 e. The highest BCUT2D eigenvalue weighted by Gasteiger charge is 2.10. The van der Waals surface area contributed by atoms with Crippen LogP contribution in [0.4, 0.5) is 0 Å². The van der Waals surface area contributed by atoms with Gasteiger partial charge in [-0.05, 0) is 17.7 Å². The first-order valence-electron chi connectivity index (χ1n) is 2.58. The molecule has 1 aromatic rings. The first-order chi connectivity index (χ1) is 4.75. The van der Waals surface area contributed by atoms with E-state index in [1.165, 1.54) is 12.3 Å². The molecule has 0 aromatic carbocycles. The van der Waals surface area contributed by atoms with Crippen molar-refractivity contribution in [2.45, 2.75) is 5.88 Å². The normalized spacial score (nSPS) is 9.80. The van der Waals surface area contributed by atoms with Crippen molar-refractivity contribution in [1.29, 1.82) is 0 Å². The highest BCUT2D eigenvalue weighted by molar-refractivity contribution is 6.67. The van der Waals surface area contributed by atoms with Gasteiger partial charge in [0.15, 0.2) is 0 Å². The van der Waals surface area contributed by atoms with Crippen molar-refractivity contribution in [3.63, 3.8) is 0 Å². The Morgan fingerprint density at radius 3 is 2.80 bits per heavy atom. The van der Waals surface area contributed by atoms with Crippen LogP contribution in [0.1, 0.15) is 16.1 Å². The molecule has 0 radical (unpaired) electrons. The van der Waals surface area contributed by atoms with Crippen molar-refractivity contribution >= 4 is 28.4 Å². The van der Waals surface area contributed by atoms with Crippen molar-refractivity contribution in [3.05, 3.63) is 23.7 Å². The van der Waals surface area contributed by atoms with E-state index in [1.54, 1.807) is 0 Å². The number of furan rings is 1. The quantitative estimate of drug-likeness (QED) is 0.515. The maximum Gasteiger partial charge on any atom is 0.255 e. The molecule has 4 heteroatoms. The summed E-state index contributed by atoms with van der Waals surface area (Å²) in [5.74, 6) is 0.586. The Morgan fingerprint density at radius 2 is 2.40 bits per heavy atom. The zero-order chi connectivity index (χ0) is 7.56. The van der Waals surface area contributed by atoms with Gasteiger partial charge in [0.1, 0.15) is 5.76 Å². The van der Waals surface area contributed by atoms with E-state index in [0.29, 0.717) is 11.3 Å². The Balaban J connectivity index is 3.01. The van der Waals surface area contributed by atoms with Crippen molar-refractivity contribution < 1.29 is 9.21 Å². The number of hydrogen-bond acceptors (Lipinski definition) is 2. The largest absolute Gasteiger partial charge is 0.467 e. The standard InChI is InChI=1S/C6H4Cl2O2/c7-3-5-4(6(8)9)1-2-10-5/h1-2H,3H2. The second-order valence-electron chi connectivity index (χ2n) is 1.66. The van der Waals surface area contributed by atoms with Crippen LogP contribution in [0.5, 0.6) is 0 Å². The molecule has 0 saturated carbocycles. The summed E-state index contributed by atoms with van der Waals surface area (Å²) in [6.07, 6.45) is 1.38. The second-order valence-corrected chi connectivity index (χ2v) is 2.28. The average molecular weight is 179 g/mol. The molecule has 0 aliphatic carbocycles. The van der Waals surface area contributed by atoms with Crippen molar-refractivity contribution in [1.82, 2.24) is 0 Å². The van der Waals surface area contributed by atoms with Crippen LogP contribution < -0.4 is 0 Å². The number of alkyl halides is 1. The molecular formula is C6H4Cl2O2. The van der Waals surface area contributed by atoms with Gasteiger partial charge >= 0.3 is 0 Å². The highest BCUT2D eigenvalue weighted by atomic mass is 35.5. The Bertz CT molecular complexity index is 242. The van der Waals surface area contributed by atoms with Crippen LogP contribution in [-0.4, -0.2) is 5.24 Å². The third kappa shape index (κ3) is 1.33. The summed E-state index contributed by atoms with van der Waals surface area (Å²) in [4.78, 5) is 10.5. The summed E-state index contributed by atoms with van der Waals surface area (Å²) >= 11 is 10.6. The van der Waals surface area contributed by atoms with E-state index in [2.05, 4.69) is 0 Å². The summed E-state index contributed by atoms with van der Waals surface area (Å²) in [6.45, 7) is 0. The van der Waals surface area contributed by atoms with Crippen LogP contribution in [0.3, 0.4) is 0 Å². The molecule has 0 amide bonds. The number of rotatable bonds is 2. The molecule has 1 heterocycles. The van der Waals surface area contributed by atoms with Gasteiger partial charge in [-0.15, -0.1) is 11.6 Å². The third-order valence-corrected chi connectivity index (χ3v) is 1.52. The monoisotopic (exact) mass is 178 g/mol. The summed E-state index contributed by atoms with van der Waals surface area (Å²) in [6, 6.07) is 1.49. The lowest BCUT2D eigenvalue weighted by molar-refractivity contribution is 0.108. The number of hydrogen-bond donors (Lipinski definition) is 0. The molecule has 0 saturated heterocycles. The number of halogens is 2. The van der Waals surface area contributed by atoms with E-state index < -0.39 is 5.24 Å². The van der Waals surface area contributed by atoms with Crippen LogP contribution in [0.2, 0.25) is 0 Å². The van der Waals surface area contributed by atoms with Crippen LogP contribution in [-0.2, 0) is 5.88 Å². The summed E-state index contributed by atoms with van der Waals surface area (Å²) in [5, 5.41) is -0.538. The van der Waals surface area contributed by atoms with Crippen LogP contribution >= 0.6 is 23.2 Å². The van der Waals surface area contributed by atoms with Crippen molar-refractivity contribution in [2.75, 3.05) is 0 Å². The summed E-state index contributed by atoms with van der Waals surface area (Å²) in [5.41, 5.74) is 0.344. The van der Waals surface area contributed by atoms with E-state index in [9.17, 15) is 4.79 Å². The highest BCUT2D eigenvalue weighted by Crippen LogP contribution is 2.14. The van der Waals surface area contributed by atoms with Gasteiger partial charge < -0.3 is 4.42 Å². The van der Waals surface area contributed by atoms with Gasteiger partial charge in [-0.2, -0.15) is 0 Å². The Labute approximate surface area is 67.7 Å². The average Bonchev–Trinajstić information content (AvgIpc) is 2.33. The Morgan fingerprint density at radius 1 is 1.70 bits per heavy atom. The van der Waals surface area contributed by atoms with Gasteiger partial charge in [-0.1, -0.05) is 0 Å². The van der Waals surface area contributed by atoms with Gasteiger partial charge in [0.25, 0.3) is 5.24 Å². The fourth-order valence-electron chi connectivity index (χ4n) is 0.619. The fourth-order valence-corrected chi connectivity index (χ4v) is 0.995. The number of carbonyl (C=O) groups excluding carboxylic acids is 1. The first-order valence-corrected chi connectivity index (χ1v) is 3.49. The van der Waals surface area contributed by atoms with Gasteiger partial charge in [-0.25, -0.2) is 0 Å². The minimum absolute atomic E-state index is 0.167. The second kappa shape index (κ2) is 3.08. The van der Waals surface area contributed by atoms with E-state index in [-0.39, 0.29) is 5.88 Å². The number of carbonyl (C=O) groups is 1. The van der Waals surface area contributed by atoms with Gasteiger partial charge in [0.05, 0.1) is 17.7 Å². The minimum atomic E-state index is -0.538. The van der Waals surface area contributed by atoms with Crippen molar-refractivity contribution in [2.24, 2.45) is 0 Å². The molecule has 0 aliphatic rings. The SMILES string of the molecule is O=C(Cl)c1ccoc1CCl. The molecule has 0 atom stereocenters. The lowest BCUT2D eigenvalue weighted by Crippen LogP contribution is -1.89. The molecule has 0 fully saturated rings. The van der Waals surface area contributed by atoms with E-state index in [0.717, 1.165) is 0 Å². The third-order valence-electron chi connectivity index (χ3n) is 1.08. The van der Waals surface area contributed by atoms with E-state index in [4.69, 9.17) is 27.6 Å². The zero-order valence-corrected chi connectivity index (χ0v) is 6.45. The smallest absolute Gasteiger partial charge is 0.255 e. The molecule has 0 N–H and O–H groups in total. The van der Waals surface area contributed by atoms with Gasteiger partial charge in [0.2, 0.25) is 0 Å². The predicted molar refractivity (Wildman–Crippen MR) is 38.4 cm³/mol. The Kier molecular flexibility index (Phi) is 2.35. The summed E-state index contributed by atoms with van der Waals surface area (Å²) < 4.78 is 4.84. The lowest BCUT2D eigenvalue weighted by Gasteiger charge is -1.88. The predicted octanol–water partition coefficient (Wildman–Crippen LogP) is 2.40. The summed E-state index contributed by atoms with van der Waals surface area (Å²) in [7, 11) is 0. The molecule has 0 spiro atoms. The lowest BCUT2D eigenvalue weighted by atomic mass is 10.3. The molecule has 1 aromatic heterocycles. The molecule has 10 heavy (non-hydrogen) atoms. The molecule has 2 nitrogen and oxygen atoms in total. The molecular weight excluding hydrogens is 175 g/mol. The Hall–Kier alpha value is -0.470. The molecule has 0 unspecified atom stereocenters. The van der Waals surface area contributed by atoms with Gasteiger partial charge in [0, 0.05) is 0 Å². The van der Waals surface area contributed by atoms with Crippen LogP contribution in [0, 0.1) is 0 Å². The maximum atomic E-state index is 10.5. The van der Waals surface area contributed by atoms with Gasteiger partial charge in [-0.3, -0.25) is 4.79 Å². The molecule has 0 aliphatic heterocycles. The van der Waals surface area contributed by atoms with Crippen LogP contribution in [0.15, 0.2) is 16.7 Å². The van der Waals surface area contributed by atoms with E-state index >= 15 is 0 Å².